The highest BCUT2D eigenvalue weighted by molar-refractivity contribution is 6.00. The van der Waals surface area contributed by atoms with Gasteiger partial charge in [0, 0.05) is 34.7 Å². The Labute approximate surface area is 215 Å². The predicted octanol–water partition coefficient (Wildman–Crippen LogP) is 6.54. The number of fused-ring (bicyclic) bond motifs is 1. The molecular formula is C30H40N2O4. The van der Waals surface area contributed by atoms with Gasteiger partial charge < -0.3 is 24.1 Å². The van der Waals surface area contributed by atoms with E-state index in [-0.39, 0.29) is 11.9 Å². The molecule has 194 valence electrons. The van der Waals surface area contributed by atoms with E-state index in [1.165, 1.54) is 0 Å². The number of methoxy groups -OCH3 is 1. The van der Waals surface area contributed by atoms with Crippen molar-refractivity contribution < 1.29 is 18.7 Å². The number of carbonyl (C=O) groups excluding carboxylic acids is 1. The lowest BCUT2D eigenvalue weighted by Crippen LogP contribution is -2.32. The Kier molecular flexibility index (Phi) is 10.00. The van der Waals surface area contributed by atoms with Crippen LogP contribution < -0.4 is 14.8 Å². The molecule has 36 heavy (non-hydrogen) atoms. The van der Waals surface area contributed by atoms with Crippen molar-refractivity contribution in [1.29, 1.82) is 0 Å². The SMILES string of the molecule is CCOc1cc2occ(-c3ccc(OC)cc3)c2cc1/C(C)=C/C(=O)NC(C)CCCN(CC)CC. The Hall–Kier alpha value is -3.25. The van der Waals surface area contributed by atoms with Crippen molar-refractivity contribution in [2.24, 2.45) is 0 Å². The maximum absolute atomic E-state index is 12.8. The Morgan fingerprint density at radius 1 is 1.14 bits per heavy atom. The molecule has 1 aromatic heterocycles. The molecule has 3 rings (SSSR count). The summed E-state index contributed by atoms with van der Waals surface area (Å²) in [7, 11) is 1.65. The van der Waals surface area contributed by atoms with E-state index in [4.69, 9.17) is 13.9 Å². The van der Waals surface area contributed by atoms with Crippen LogP contribution in [0.1, 0.15) is 53.0 Å². The summed E-state index contributed by atoms with van der Waals surface area (Å²) in [6.07, 6.45) is 5.44. The second-order valence-corrected chi connectivity index (χ2v) is 9.06. The van der Waals surface area contributed by atoms with Crippen molar-refractivity contribution in [3.63, 3.8) is 0 Å². The maximum atomic E-state index is 12.8. The summed E-state index contributed by atoms with van der Waals surface area (Å²) >= 11 is 0. The molecule has 6 nitrogen and oxygen atoms in total. The molecule has 0 aliphatic rings. The van der Waals surface area contributed by atoms with Gasteiger partial charge in [-0.15, -0.1) is 0 Å². The molecule has 3 aromatic rings. The lowest BCUT2D eigenvalue weighted by molar-refractivity contribution is -0.117. The van der Waals surface area contributed by atoms with Crippen molar-refractivity contribution >= 4 is 22.4 Å². The maximum Gasteiger partial charge on any atom is 0.244 e. The van der Waals surface area contributed by atoms with Crippen LogP contribution in [0.15, 0.2) is 53.2 Å². The van der Waals surface area contributed by atoms with E-state index in [1.807, 2.05) is 44.2 Å². The Bertz CT molecular complexity index is 1160. The highest BCUT2D eigenvalue weighted by atomic mass is 16.5. The van der Waals surface area contributed by atoms with Gasteiger partial charge in [-0.2, -0.15) is 0 Å². The average molecular weight is 493 g/mol. The largest absolute Gasteiger partial charge is 0.497 e. The number of rotatable bonds is 13. The van der Waals surface area contributed by atoms with Crippen LogP contribution in [0.3, 0.4) is 0 Å². The molecule has 6 heteroatoms. The number of benzene rings is 2. The average Bonchev–Trinajstić information content (AvgIpc) is 3.29. The van der Waals surface area contributed by atoms with Crippen molar-refractivity contribution in [2.45, 2.75) is 53.5 Å². The summed E-state index contributed by atoms with van der Waals surface area (Å²) in [5, 5.41) is 4.09. The first kappa shape index (κ1) is 27.3. The van der Waals surface area contributed by atoms with Gasteiger partial charge in [0.05, 0.1) is 20.0 Å². The molecule has 0 fully saturated rings. The zero-order valence-electron chi connectivity index (χ0n) is 22.5. The molecule has 1 N–H and O–H groups in total. The summed E-state index contributed by atoms with van der Waals surface area (Å²) in [6.45, 7) is 14.0. The van der Waals surface area contributed by atoms with E-state index in [0.29, 0.717) is 12.4 Å². The number of nitrogens with one attached hydrogen (secondary N) is 1. The molecular weight excluding hydrogens is 452 g/mol. The number of nitrogens with zero attached hydrogens (tertiary/aromatic N) is 1. The highest BCUT2D eigenvalue weighted by Crippen LogP contribution is 2.37. The summed E-state index contributed by atoms with van der Waals surface area (Å²) in [6, 6.07) is 12.0. The van der Waals surface area contributed by atoms with Gasteiger partial charge in [0.25, 0.3) is 0 Å². The first-order valence-corrected chi connectivity index (χ1v) is 12.9. The number of ether oxygens (including phenoxy) is 2. The van der Waals surface area contributed by atoms with Crippen molar-refractivity contribution in [3.8, 4) is 22.6 Å². The third-order valence-corrected chi connectivity index (χ3v) is 6.54. The van der Waals surface area contributed by atoms with E-state index in [1.54, 1.807) is 19.4 Å². The molecule has 1 amide bonds. The van der Waals surface area contributed by atoms with Crippen molar-refractivity contribution in [1.82, 2.24) is 10.2 Å². The van der Waals surface area contributed by atoms with E-state index < -0.39 is 0 Å². The first-order valence-electron chi connectivity index (χ1n) is 12.9. The minimum Gasteiger partial charge on any atom is -0.497 e. The molecule has 0 radical (unpaired) electrons. The van der Waals surface area contributed by atoms with Gasteiger partial charge >= 0.3 is 0 Å². The number of carbonyl (C=O) groups is 1. The lowest BCUT2D eigenvalue weighted by Gasteiger charge is -2.19. The van der Waals surface area contributed by atoms with Gasteiger partial charge in [-0.1, -0.05) is 26.0 Å². The van der Waals surface area contributed by atoms with E-state index in [2.05, 4.69) is 37.1 Å². The van der Waals surface area contributed by atoms with E-state index in [9.17, 15) is 4.79 Å². The summed E-state index contributed by atoms with van der Waals surface area (Å²) in [4.78, 5) is 15.2. The molecule has 1 heterocycles. The molecule has 0 spiro atoms. The summed E-state index contributed by atoms with van der Waals surface area (Å²) < 4.78 is 17.1. The third-order valence-electron chi connectivity index (χ3n) is 6.54. The minimum atomic E-state index is -0.0899. The van der Waals surface area contributed by atoms with Crippen LogP contribution in [-0.4, -0.2) is 50.2 Å². The van der Waals surface area contributed by atoms with Crippen LogP contribution in [0.4, 0.5) is 0 Å². The van der Waals surface area contributed by atoms with Crippen LogP contribution in [0.5, 0.6) is 11.5 Å². The van der Waals surface area contributed by atoms with Crippen LogP contribution in [0.2, 0.25) is 0 Å². The zero-order valence-corrected chi connectivity index (χ0v) is 22.5. The van der Waals surface area contributed by atoms with Crippen LogP contribution in [0, 0.1) is 0 Å². The summed E-state index contributed by atoms with van der Waals surface area (Å²) in [5.41, 5.74) is 4.48. The standard InChI is InChI=1S/C30H40N2O4/c1-7-32(8-2)16-10-11-22(5)31-30(33)17-21(4)25-18-26-27(23-12-14-24(34-6)15-13-23)20-36-29(26)19-28(25)35-9-3/h12-15,17-20,22H,7-11,16H2,1-6H3,(H,31,33)/b21-17+. The molecule has 0 saturated heterocycles. The van der Waals surface area contributed by atoms with Gasteiger partial charge in [-0.3, -0.25) is 4.79 Å². The fraction of sp³-hybridized carbons (Fsp3) is 0.433. The number of hydrogen-bond donors (Lipinski definition) is 1. The Morgan fingerprint density at radius 3 is 2.50 bits per heavy atom. The van der Waals surface area contributed by atoms with Gasteiger partial charge in [-0.25, -0.2) is 0 Å². The first-order chi connectivity index (χ1) is 17.4. The fourth-order valence-corrected chi connectivity index (χ4v) is 4.42. The fourth-order valence-electron chi connectivity index (χ4n) is 4.42. The molecule has 0 saturated carbocycles. The molecule has 0 aliphatic carbocycles. The normalized spacial score (nSPS) is 12.7. The Morgan fingerprint density at radius 2 is 1.86 bits per heavy atom. The number of hydrogen-bond acceptors (Lipinski definition) is 5. The van der Waals surface area contributed by atoms with Gasteiger partial charge in [0.1, 0.15) is 17.1 Å². The highest BCUT2D eigenvalue weighted by Gasteiger charge is 2.16. The van der Waals surface area contributed by atoms with Crippen molar-refractivity contribution in [2.75, 3.05) is 33.4 Å². The molecule has 0 bridgehead atoms. The minimum absolute atomic E-state index is 0.0899. The number of amides is 1. The Balaban J connectivity index is 1.81. The van der Waals surface area contributed by atoms with Gasteiger partial charge in [0.2, 0.25) is 5.91 Å². The van der Waals surface area contributed by atoms with Crippen LogP contribution >= 0.6 is 0 Å². The zero-order chi connectivity index (χ0) is 26.1. The number of furan rings is 1. The topological polar surface area (TPSA) is 63.9 Å². The quantitative estimate of drug-likeness (QED) is 0.275. The molecule has 2 aromatic carbocycles. The van der Waals surface area contributed by atoms with E-state index in [0.717, 1.165) is 71.5 Å². The lowest BCUT2D eigenvalue weighted by atomic mass is 9.99. The van der Waals surface area contributed by atoms with Gasteiger partial charge in [0.15, 0.2) is 0 Å². The second kappa shape index (κ2) is 13.2. The van der Waals surface area contributed by atoms with Crippen LogP contribution in [0.25, 0.3) is 27.7 Å². The smallest absolute Gasteiger partial charge is 0.244 e. The summed E-state index contributed by atoms with van der Waals surface area (Å²) in [5.74, 6) is 1.42. The third kappa shape index (κ3) is 6.91. The van der Waals surface area contributed by atoms with Gasteiger partial charge in [-0.05, 0) is 82.6 Å². The molecule has 0 aliphatic heterocycles. The number of allylic oxidation sites excluding steroid dienone is 1. The van der Waals surface area contributed by atoms with Crippen molar-refractivity contribution in [3.05, 3.63) is 54.3 Å². The second-order valence-electron chi connectivity index (χ2n) is 9.06. The van der Waals surface area contributed by atoms with Crippen LogP contribution in [-0.2, 0) is 4.79 Å². The molecule has 1 unspecified atom stereocenters. The molecule has 1 atom stereocenters. The monoisotopic (exact) mass is 492 g/mol. The van der Waals surface area contributed by atoms with E-state index >= 15 is 0 Å². The predicted molar refractivity (Wildman–Crippen MR) is 148 cm³/mol.